The lowest BCUT2D eigenvalue weighted by atomic mass is 10.3. The Bertz CT molecular complexity index is 1070. The van der Waals surface area contributed by atoms with Gasteiger partial charge >= 0.3 is 0 Å². The molecule has 0 atom stereocenters. The molecule has 0 radical (unpaired) electrons. The Balaban J connectivity index is 1.54. The fourth-order valence-electron chi connectivity index (χ4n) is 2.86. The van der Waals surface area contributed by atoms with E-state index in [0.717, 1.165) is 30.1 Å². The van der Waals surface area contributed by atoms with Gasteiger partial charge in [-0.1, -0.05) is 5.21 Å². The van der Waals surface area contributed by atoms with Crippen molar-refractivity contribution >= 4 is 22.8 Å². The number of methoxy groups -OCH3 is 1. The monoisotopic (exact) mass is 394 g/mol. The topological polar surface area (TPSA) is 105 Å². The van der Waals surface area contributed by atoms with Crippen molar-refractivity contribution in [1.29, 1.82) is 0 Å². The maximum Gasteiger partial charge on any atom is 0.229 e. The van der Waals surface area contributed by atoms with E-state index in [2.05, 4.69) is 30.7 Å². The summed E-state index contributed by atoms with van der Waals surface area (Å²) in [4.78, 5) is 8.89. The Morgan fingerprint density at radius 2 is 2.00 bits per heavy atom. The summed E-state index contributed by atoms with van der Waals surface area (Å²) < 4.78 is 14.1. The van der Waals surface area contributed by atoms with Crippen LogP contribution in [0.2, 0.25) is 0 Å². The molecule has 0 saturated heterocycles. The Hall–Kier alpha value is -3.53. The predicted octanol–water partition coefficient (Wildman–Crippen LogP) is 2.59. The molecule has 0 saturated carbocycles. The van der Waals surface area contributed by atoms with Crippen molar-refractivity contribution < 1.29 is 9.47 Å². The molecule has 10 nitrogen and oxygen atoms in total. The molecular weight excluding hydrogens is 372 g/mol. The van der Waals surface area contributed by atoms with E-state index >= 15 is 0 Å². The van der Waals surface area contributed by atoms with E-state index in [1.165, 1.54) is 0 Å². The summed E-state index contributed by atoms with van der Waals surface area (Å²) >= 11 is 0. The second-order valence-electron chi connectivity index (χ2n) is 6.29. The Labute approximate surface area is 167 Å². The van der Waals surface area contributed by atoms with Crippen LogP contribution < -0.4 is 10.1 Å². The van der Waals surface area contributed by atoms with Gasteiger partial charge in [-0.05, 0) is 37.6 Å². The summed E-state index contributed by atoms with van der Waals surface area (Å²) in [5.41, 5.74) is 2.87. The maximum absolute atomic E-state index is 5.49. The number of nitrogens with zero attached hydrogens (tertiary/aromatic N) is 7. The SMILES string of the molecule is CCOc1ccc(-n2nnc3cnc(Nc4cnn(CCCOC)c4)nc32)cc1. The predicted molar refractivity (Wildman–Crippen MR) is 108 cm³/mol. The minimum Gasteiger partial charge on any atom is -0.494 e. The zero-order valence-corrected chi connectivity index (χ0v) is 16.3. The van der Waals surface area contributed by atoms with E-state index in [1.807, 2.05) is 42.1 Å². The lowest BCUT2D eigenvalue weighted by Gasteiger charge is -2.06. The van der Waals surface area contributed by atoms with Gasteiger partial charge in [0.25, 0.3) is 0 Å². The summed E-state index contributed by atoms with van der Waals surface area (Å²) in [5.74, 6) is 1.25. The van der Waals surface area contributed by atoms with Crippen LogP contribution in [0.4, 0.5) is 11.6 Å². The molecule has 150 valence electrons. The number of hydrogen-bond donors (Lipinski definition) is 1. The molecule has 1 N–H and O–H groups in total. The highest BCUT2D eigenvalue weighted by Crippen LogP contribution is 2.20. The van der Waals surface area contributed by atoms with Gasteiger partial charge in [-0.25, -0.2) is 4.98 Å². The van der Waals surface area contributed by atoms with E-state index in [-0.39, 0.29) is 0 Å². The molecule has 0 bridgehead atoms. The van der Waals surface area contributed by atoms with Crippen molar-refractivity contribution in [2.45, 2.75) is 19.9 Å². The minimum absolute atomic E-state index is 0.448. The fourth-order valence-corrected chi connectivity index (χ4v) is 2.86. The van der Waals surface area contributed by atoms with Gasteiger partial charge < -0.3 is 14.8 Å². The van der Waals surface area contributed by atoms with Crippen LogP contribution in [-0.4, -0.2) is 55.1 Å². The first-order valence-corrected chi connectivity index (χ1v) is 9.37. The highest BCUT2D eigenvalue weighted by molar-refractivity contribution is 5.72. The van der Waals surface area contributed by atoms with Crippen molar-refractivity contribution in [3.8, 4) is 11.4 Å². The van der Waals surface area contributed by atoms with Crippen LogP contribution in [0.3, 0.4) is 0 Å². The average Bonchev–Trinajstić information content (AvgIpc) is 3.36. The van der Waals surface area contributed by atoms with E-state index < -0.39 is 0 Å². The van der Waals surface area contributed by atoms with Gasteiger partial charge in [-0.3, -0.25) is 4.68 Å². The van der Waals surface area contributed by atoms with Crippen LogP contribution in [-0.2, 0) is 11.3 Å². The molecule has 1 aromatic carbocycles. The largest absolute Gasteiger partial charge is 0.494 e. The normalized spacial score (nSPS) is 11.1. The van der Waals surface area contributed by atoms with E-state index in [1.54, 1.807) is 24.2 Å². The third kappa shape index (κ3) is 4.32. The second-order valence-corrected chi connectivity index (χ2v) is 6.29. The lowest BCUT2D eigenvalue weighted by molar-refractivity contribution is 0.189. The first-order chi connectivity index (χ1) is 14.3. The number of benzene rings is 1. The van der Waals surface area contributed by atoms with E-state index in [0.29, 0.717) is 30.3 Å². The molecule has 4 aromatic rings. The first kappa shape index (κ1) is 18.8. The average molecular weight is 394 g/mol. The highest BCUT2D eigenvalue weighted by atomic mass is 16.5. The van der Waals surface area contributed by atoms with Crippen molar-refractivity contribution in [3.05, 3.63) is 42.9 Å². The van der Waals surface area contributed by atoms with Crippen LogP contribution in [0.5, 0.6) is 5.75 Å². The summed E-state index contributed by atoms with van der Waals surface area (Å²) in [6.07, 6.45) is 6.19. The molecule has 0 fully saturated rings. The van der Waals surface area contributed by atoms with Crippen LogP contribution >= 0.6 is 0 Å². The zero-order chi connectivity index (χ0) is 20.1. The number of anilines is 2. The fraction of sp³-hybridized carbons (Fsp3) is 0.316. The highest BCUT2D eigenvalue weighted by Gasteiger charge is 2.11. The molecule has 0 unspecified atom stereocenters. The quantitative estimate of drug-likeness (QED) is 0.432. The van der Waals surface area contributed by atoms with E-state index in [9.17, 15) is 0 Å². The van der Waals surface area contributed by atoms with Crippen molar-refractivity contribution in [3.63, 3.8) is 0 Å². The number of hydrogen-bond acceptors (Lipinski definition) is 8. The molecule has 0 aliphatic carbocycles. The molecule has 10 heteroatoms. The number of ether oxygens (including phenoxy) is 2. The zero-order valence-electron chi connectivity index (χ0n) is 16.3. The molecule has 0 aliphatic heterocycles. The number of aromatic nitrogens is 7. The Kier molecular flexibility index (Phi) is 5.61. The molecular formula is C19H22N8O2. The Morgan fingerprint density at radius 3 is 2.79 bits per heavy atom. The van der Waals surface area contributed by atoms with Crippen molar-refractivity contribution in [2.75, 3.05) is 25.6 Å². The lowest BCUT2D eigenvalue weighted by Crippen LogP contribution is -2.02. The van der Waals surface area contributed by atoms with Crippen molar-refractivity contribution in [1.82, 2.24) is 34.7 Å². The van der Waals surface area contributed by atoms with Crippen molar-refractivity contribution in [2.24, 2.45) is 0 Å². The van der Waals surface area contributed by atoms with Gasteiger partial charge in [0.05, 0.1) is 30.4 Å². The summed E-state index contributed by atoms with van der Waals surface area (Å²) in [7, 11) is 1.69. The van der Waals surface area contributed by atoms with Gasteiger partial charge in [0, 0.05) is 26.5 Å². The standard InChI is InChI=1S/C19H22N8O2/c1-3-29-16-7-5-15(6-8-16)27-18-17(24-25-27)12-20-19(23-18)22-14-11-21-26(13-14)9-4-10-28-2/h5-8,11-13H,3-4,9-10H2,1-2H3,(H,20,22,23). The molecule has 0 aliphatic rings. The molecule has 4 rings (SSSR count). The molecule has 0 spiro atoms. The van der Waals surface area contributed by atoms with Crippen LogP contribution in [0.1, 0.15) is 13.3 Å². The Morgan fingerprint density at radius 1 is 1.14 bits per heavy atom. The second kappa shape index (κ2) is 8.65. The number of aryl methyl sites for hydroxylation is 1. The third-order valence-electron chi connectivity index (χ3n) is 4.21. The minimum atomic E-state index is 0.448. The van der Waals surface area contributed by atoms with Gasteiger partial charge in [0.15, 0.2) is 11.2 Å². The van der Waals surface area contributed by atoms with Crippen LogP contribution in [0.15, 0.2) is 42.9 Å². The van der Waals surface area contributed by atoms with E-state index in [4.69, 9.17) is 9.47 Å². The molecule has 3 aromatic heterocycles. The van der Waals surface area contributed by atoms with Crippen LogP contribution in [0, 0.1) is 0 Å². The summed E-state index contributed by atoms with van der Waals surface area (Å²) in [6.45, 7) is 4.05. The summed E-state index contributed by atoms with van der Waals surface area (Å²) in [6, 6.07) is 7.62. The number of rotatable bonds is 9. The molecule has 29 heavy (non-hydrogen) atoms. The molecule has 0 amide bonds. The first-order valence-electron chi connectivity index (χ1n) is 9.37. The smallest absolute Gasteiger partial charge is 0.229 e. The van der Waals surface area contributed by atoms with Gasteiger partial charge in [0.1, 0.15) is 5.75 Å². The summed E-state index contributed by atoms with van der Waals surface area (Å²) in [5, 5.41) is 15.9. The van der Waals surface area contributed by atoms with Crippen LogP contribution in [0.25, 0.3) is 16.9 Å². The third-order valence-corrected chi connectivity index (χ3v) is 4.21. The number of nitrogens with one attached hydrogen (secondary N) is 1. The maximum atomic E-state index is 5.49. The van der Waals surface area contributed by atoms with Gasteiger partial charge in [0.2, 0.25) is 5.95 Å². The molecule has 3 heterocycles. The van der Waals surface area contributed by atoms with Gasteiger partial charge in [-0.15, -0.1) is 5.10 Å². The number of fused-ring (bicyclic) bond motifs is 1. The van der Waals surface area contributed by atoms with Gasteiger partial charge in [-0.2, -0.15) is 14.8 Å².